The summed E-state index contributed by atoms with van der Waals surface area (Å²) in [5.41, 5.74) is 0. The van der Waals surface area contributed by atoms with Crippen LogP contribution in [0.15, 0.2) is 0 Å². The maximum Gasteiger partial charge on any atom is 0.472 e. The van der Waals surface area contributed by atoms with E-state index in [2.05, 4.69) is 41.5 Å². The van der Waals surface area contributed by atoms with Gasteiger partial charge >= 0.3 is 39.5 Å². The molecule has 0 aliphatic rings. The van der Waals surface area contributed by atoms with E-state index in [1.54, 1.807) is 0 Å². The Bertz CT molecular complexity index is 1890. The van der Waals surface area contributed by atoms with Crippen LogP contribution in [0.3, 0.4) is 0 Å². The number of hydrogen-bond acceptors (Lipinski definition) is 15. The lowest BCUT2D eigenvalue weighted by atomic mass is 9.99. The number of aliphatic hydroxyl groups excluding tert-OH is 1. The van der Waals surface area contributed by atoms with Crippen molar-refractivity contribution in [2.24, 2.45) is 11.8 Å². The number of esters is 4. The number of unbranched alkanes of at least 4 members (excludes halogenated alkanes) is 47. The number of carbonyl (C=O) groups excluding carboxylic acids is 4. The van der Waals surface area contributed by atoms with Gasteiger partial charge in [0.15, 0.2) is 12.2 Å². The van der Waals surface area contributed by atoms with Gasteiger partial charge in [-0.3, -0.25) is 37.3 Å². The summed E-state index contributed by atoms with van der Waals surface area (Å²) in [6, 6.07) is 0. The summed E-state index contributed by atoms with van der Waals surface area (Å²) in [6.45, 7) is 9.63. The van der Waals surface area contributed by atoms with E-state index in [1.807, 2.05) is 0 Å². The zero-order chi connectivity index (χ0) is 72.1. The molecule has 0 aromatic carbocycles. The number of rotatable bonds is 78. The van der Waals surface area contributed by atoms with Crippen molar-refractivity contribution in [2.75, 3.05) is 39.6 Å². The van der Waals surface area contributed by atoms with Crippen molar-refractivity contribution in [3.63, 3.8) is 0 Å². The van der Waals surface area contributed by atoms with Crippen LogP contribution in [0.25, 0.3) is 0 Å². The molecule has 0 aliphatic heterocycles. The first kappa shape index (κ1) is 96.1. The fraction of sp³-hybridized carbons (Fsp3) is 0.949. The molecule has 3 N–H and O–H groups in total. The van der Waals surface area contributed by atoms with Gasteiger partial charge in [-0.05, 0) is 37.5 Å². The van der Waals surface area contributed by atoms with Crippen LogP contribution in [0.1, 0.15) is 414 Å². The van der Waals surface area contributed by atoms with Crippen LogP contribution < -0.4 is 0 Å². The van der Waals surface area contributed by atoms with Gasteiger partial charge in [-0.1, -0.05) is 363 Å². The van der Waals surface area contributed by atoms with Crippen molar-refractivity contribution in [1.29, 1.82) is 0 Å². The first-order chi connectivity index (χ1) is 47.4. The molecule has 6 atom stereocenters. The molecule has 0 aromatic rings. The smallest absolute Gasteiger partial charge is 0.462 e. The summed E-state index contributed by atoms with van der Waals surface area (Å²) < 4.78 is 68.7. The predicted octanol–water partition coefficient (Wildman–Crippen LogP) is 23.5. The minimum absolute atomic E-state index is 0.106. The molecule has 98 heavy (non-hydrogen) atoms. The van der Waals surface area contributed by atoms with Gasteiger partial charge in [0, 0.05) is 25.7 Å². The van der Waals surface area contributed by atoms with Crippen LogP contribution in [-0.4, -0.2) is 96.7 Å². The lowest BCUT2D eigenvalue weighted by Gasteiger charge is -2.21. The molecule has 0 bridgehead atoms. The van der Waals surface area contributed by atoms with Crippen LogP contribution in [-0.2, 0) is 65.4 Å². The van der Waals surface area contributed by atoms with Gasteiger partial charge < -0.3 is 33.8 Å². The molecule has 0 saturated heterocycles. The minimum Gasteiger partial charge on any atom is -0.462 e. The molecule has 3 unspecified atom stereocenters. The molecule has 0 heterocycles. The van der Waals surface area contributed by atoms with Gasteiger partial charge in [0.25, 0.3) is 0 Å². The Kier molecular flexibility index (Phi) is 69.3. The second-order valence-electron chi connectivity index (χ2n) is 29.2. The summed E-state index contributed by atoms with van der Waals surface area (Å²) in [7, 11) is -9.92. The quantitative estimate of drug-likeness (QED) is 0.0222. The molecule has 0 radical (unpaired) electrons. The Balaban J connectivity index is 5.27. The molecule has 0 aromatic heterocycles. The van der Waals surface area contributed by atoms with Crippen LogP contribution in [0.5, 0.6) is 0 Å². The highest BCUT2D eigenvalue weighted by atomic mass is 31.2. The third kappa shape index (κ3) is 71.1. The highest BCUT2D eigenvalue weighted by molar-refractivity contribution is 7.47. The summed E-state index contributed by atoms with van der Waals surface area (Å²) in [6.07, 6.45) is 59.5. The summed E-state index contributed by atoms with van der Waals surface area (Å²) >= 11 is 0. The first-order valence-corrected chi connectivity index (χ1v) is 44.0. The van der Waals surface area contributed by atoms with Crippen molar-refractivity contribution in [3.8, 4) is 0 Å². The largest absolute Gasteiger partial charge is 0.472 e. The summed E-state index contributed by atoms with van der Waals surface area (Å²) in [5, 5.41) is 10.6. The molecule has 0 fully saturated rings. The zero-order valence-electron chi connectivity index (χ0n) is 64.1. The average molecular weight is 1440 g/mol. The standard InChI is InChI=1S/C79H154O17P2/c1-7-10-12-14-16-18-20-22-24-25-27-29-31-38-45-51-57-63-78(83)95-74(67-89-76(81)61-55-49-43-37-30-28-26-23-21-19-17-15-13-11-8-2)69-93-97(85,86)91-65-73(80)66-92-98(87,88)94-70-75(68-90-77(82)62-56-50-44-40-34-35-41-47-53-59-71(4)5)96-79(84)64-58-52-46-39-33-32-36-42-48-54-60-72(6)9-3/h71-75,80H,7-70H2,1-6H3,(H,85,86)(H,87,88)/t72?,73-,74-,75-/m1/s1. The normalized spacial score (nSPS) is 14.2. The number of hydrogen-bond donors (Lipinski definition) is 3. The number of aliphatic hydroxyl groups is 1. The maximum atomic E-state index is 13.1. The van der Waals surface area contributed by atoms with Crippen molar-refractivity contribution in [1.82, 2.24) is 0 Å². The molecule has 0 amide bonds. The number of ether oxygens (including phenoxy) is 4. The maximum absolute atomic E-state index is 13.1. The van der Waals surface area contributed by atoms with Crippen LogP contribution in [0.2, 0.25) is 0 Å². The van der Waals surface area contributed by atoms with E-state index in [0.717, 1.165) is 102 Å². The number of carbonyl (C=O) groups is 4. The van der Waals surface area contributed by atoms with Crippen molar-refractivity contribution in [3.05, 3.63) is 0 Å². The highest BCUT2D eigenvalue weighted by Crippen LogP contribution is 2.45. The van der Waals surface area contributed by atoms with Crippen LogP contribution in [0, 0.1) is 11.8 Å². The van der Waals surface area contributed by atoms with E-state index in [-0.39, 0.29) is 25.7 Å². The van der Waals surface area contributed by atoms with E-state index >= 15 is 0 Å². The van der Waals surface area contributed by atoms with Gasteiger partial charge in [-0.2, -0.15) is 0 Å². The SMILES string of the molecule is CCCCCCCCCCCCCCCCCCCC(=O)O[C@H](COC(=O)CCCCCCCCCCCCCCCCC)COP(=O)(O)OC[C@@H](O)COP(=O)(O)OC[C@@H](COC(=O)CCCCCCCCCCCC(C)C)OC(=O)CCCCCCCCCCCCC(C)CC. The van der Waals surface area contributed by atoms with E-state index < -0.39 is 97.5 Å². The van der Waals surface area contributed by atoms with E-state index in [4.69, 9.17) is 37.0 Å². The Morgan fingerprint density at radius 2 is 0.520 bits per heavy atom. The summed E-state index contributed by atoms with van der Waals surface area (Å²) in [5.74, 6) is -0.563. The fourth-order valence-corrected chi connectivity index (χ4v) is 13.7. The van der Waals surface area contributed by atoms with Crippen molar-refractivity contribution < 1.29 is 80.2 Å². The molecule has 0 aliphatic carbocycles. The third-order valence-electron chi connectivity index (χ3n) is 18.8. The molecular weight excluding hydrogens is 1280 g/mol. The second kappa shape index (κ2) is 70.7. The first-order valence-electron chi connectivity index (χ1n) is 41.0. The molecule has 0 rings (SSSR count). The predicted molar refractivity (Wildman–Crippen MR) is 400 cm³/mol. The Morgan fingerprint density at radius 1 is 0.296 bits per heavy atom. The third-order valence-corrected chi connectivity index (χ3v) is 20.7. The van der Waals surface area contributed by atoms with Gasteiger partial charge in [0.1, 0.15) is 19.3 Å². The van der Waals surface area contributed by atoms with Gasteiger partial charge in [-0.25, -0.2) is 9.13 Å². The minimum atomic E-state index is -4.96. The number of phosphoric ester groups is 2. The fourth-order valence-electron chi connectivity index (χ4n) is 12.2. The topological polar surface area (TPSA) is 237 Å². The molecule has 0 saturated carbocycles. The molecule has 582 valence electrons. The molecule has 19 heteroatoms. The van der Waals surface area contributed by atoms with Crippen LogP contribution in [0.4, 0.5) is 0 Å². The van der Waals surface area contributed by atoms with E-state index in [1.165, 1.54) is 231 Å². The Hall–Kier alpha value is -1.94. The zero-order valence-corrected chi connectivity index (χ0v) is 65.9. The van der Waals surface area contributed by atoms with Gasteiger partial charge in [0.05, 0.1) is 26.4 Å². The lowest BCUT2D eigenvalue weighted by molar-refractivity contribution is -0.161. The molecular formula is C79H154O17P2. The van der Waals surface area contributed by atoms with Crippen molar-refractivity contribution >= 4 is 39.5 Å². The van der Waals surface area contributed by atoms with E-state index in [0.29, 0.717) is 25.7 Å². The summed E-state index contributed by atoms with van der Waals surface area (Å²) in [4.78, 5) is 73.0. The molecule has 17 nitrogen and oxygen atoms in total. The lowest BCUT2D eigenvalue weighted by Crippen LogP contribution is -2.30. The van der Waals surface area contributed by atoms with Gasteiger partial charge in [-0.15, -0.1) is 0 Å². The Labute approximate surface area is 600 Å². The van der Waals surface area contributed by atoms with Crippen LogP contribution >= 0.6 is 15.6 Å². The number of phosphoric acid groups is 2. The average Bonchev–Trinajstić information content (AvgIpc) is 0.944. The second-order valence-corrected chi connectivity index (χ2v) is 32.1. The van der Waals surface area contributed by atoms with E-state index in [9.17, 15) is 43.2 Å². The Morgan fingerprint density at radius 3 is 0.776 bits per heavy atom. The molecule has 0 spiro atoms. The monoisotopic (exact) mass is 1440 g/mol. The highest BCUT2D eigenvalue weighted by Gasteiger charge is 2.30. The van der Waals surface area contributed by atoms with Crippen molar-refractivity contribution in [2.45, 2.75) is 432 Å². The van der Waals surface area contributed by atoms with Gasteiger partial charge in [0.2, 0.25) is 0 Å².